The van der Waals surface area contributed by atoms with E-state index in [-0.39, 0.29) is 11.7 Å². The van der Waals surface area contributed by atoms with E-state index in [9.17, 15) is 10.1 Å². The Kier molecular flexibility index (Phi) is 6.11. The summed E-state index contributed by atoms with van der Waals surface area (Å²) >= 11 is 1.38. The van der Waals surface area contributed by atoms with E-state index >= 15 is 0 Å². The lowest BCUT2D eigenvalue weighted by Gasteiger charge is -2.10. The van der Waals surface area contributed by atoms with Gasteiger partial charge in [0.15, 0.2) is 0 Å². The van der Waals surface area contributed by atoms with Gasteiger partial charge in [0.25, 0.3) is 5.91 Å². The van der Waals surface area contributed by atoms with Crippen molar-refractivity contribution in [2.45, 2.75) is 13.8 Å². The molecule has 0 saturated carbocycles. The second-order valence-corrected chi connectivity index (χ2v) is 9.54. The van der Waals surface area contributed by atoms with E-state index in [0.29, 0.717) is 32.9 Å². The van der Waals surface area contributed by atoms with Gasteiger partial charge in [-0.3, -0.25) is 4.79 Å². The lowest BCUT2D eigenvalue weighted by atomic mass is 9.99. The van der Waals surface area contributed by atoms with Gasteiger partial charge in [-0.2, -0.15) is 5.26 Å². The van der Waals surface area contributed by atoms with Crippen LogP contribution in [0.1, 0.15) is 27.0 Å². The number of para-hydroxylation sites is 1. The van der Waals surface area contributed by atoms with Gasteiger partial charge in [-0.25, -0.2) is 4.98 Å². The minimum absolute atomic E-state index is 0.0919. The molecule has 2 heterocycles. The number of carbonyl (C=O) groups excluding carboxylic acids is 1. The zero-order valence-electron chi connectivity index (χ0n) is 19.8. The maximum Gasteiger partial charge on any atom is 0.260 e. The van der Waals surface area contributed by atoms with Crippen LogP contribution in [0, 0.1) is 25.2 Å². The van der Waals surface area contributed by atoms with Crippen LogP contribution in [0.4, 0.5) is 22.2 Å². The number of hydrogen-bond acceptors (Lipinski definition) is 6. The second-order valence-electron chi connectivity index (χ2n) is 8.52. The minimum atomic E-state index is -0.309. The number of benzene rings is 3. The summed E-state index contributed by atoms with van der Waals surface area (Å²) < 4.78 is 0.720. The molecule has 6 nitrogen and oxygen atoms in total. The van der Waals surface area contributed by atoms with Gasteiger partial charge in [0.2, 0.25) is 0 Å². The quantitative estimate of drug-likeness (QED) is 0.246. The summed E-state index contributed by atoms with van der Waals surface area (Å²) in [5.41, 5.74) is 12.6. The first-order valence-electron chi connectivity index (χ1n) is 11.4. The average Bonchev–Trinajstić information content (AvgIpc) is 3.21. The van der Waals surface area contributed by atoms with Gasteiger partial charge < -0.3 is 16.4 Å². The molecule has 0 aliphatic rings. The number of nitrogens with zero attached hydrogens (tertiary/aromatic N) is 2. The number of nitrogens with one attached hydrogen (secondary N) is 2. The first-order chi connectivity index (χ1) is 17.4. The molecule has 176 valence electrons. The number of nitrogen functional groups attached to an aromatic ring is 1. The van der Waals surface area contributed by atoms with E-state index < -0.39 is 0 Å². The van der Waals surface area contributed by atoms with Gasteiger partial charge in [-0.1, -0.05) is 60.2 Å². The fourth-order valence-electron chi connectivity index (χ4n) is 4.09. The summed E-state index contributed by atoms with van der Waals surface area (Å²) in [5, 5.41) is 17.0. The van der Waals surface area contributed by atoms with Crippen molar-refractivity contribution in [1.82, 2.24) is 4.98 Å². The van der Waals surface area contributed by atoms with Gasteiger partial charge in [0.05, 0.1) is 10.2 Å². The van der Waals surface area contributed by atoms with Gasteiger partial charge in [0.1, 0.15) is 28.0 Å². The monoisotopic (exact) mass is 489 g/mol. The van der Waals surface area contributed by atoms with E-state index in [1.165, 1.54) is 11.3 Å². The molecule has 0 saturated heterocycles. The number of nitrogens with two attached hydrogens (primary N) is 1. The molecule has 3 aromatic carbocycles. The lowest BCUT2D eigenvalue weighted by molar-refractivity contribution is 0.102. The summed E-state index contributed by atoms with van der Waals surface area (Å²) in [5.74, 6) is -0.217. The molecule has 7 heteroatoms. The summed E-state index contributed by atoms with van der Waals surface area (Å²) in [6, 6.07) is 27.4. The molecule has 1 amide bonds. The van der Waals surface area contributed by atoms with E-state index in [1.807, 2.05) is 92.7 Å². The molecule has 2 aromatic heterocycles. The molecule has 36 heavy (non-hydrogen) atoms. The van der Waals surface area contributed by atoms with Crippen molar-refractivity contribution >= 4 is 49.7 Å². The molecular weight excluding hydrogens is 466 g/mol. The van der Waals surface area contributed by atoms with Crippen molar-refractivity contribution in [2.24, 2.45) is 0 Å². The maximum atomic E-state index is 13.7. The first kappa shape index (κ1) is 23.1. The smallest absolute Gasteiger partial charge is 0.260 e. The fourth-order valence-corrected chi connectivity index (χ4v) is 5.32. The normalized spacial score (nSPS) is 10.7. The van der Waals surface area contributed by atoms with Crippen LogP contribution in [0.25, 0.3) is 21.3 Å². The van der Waals surface area contributed by atoms with Gasteiger partial charge in [-0.05, 0) is 49.2 Å². The Morgan fingerprint density at radius 2 is 1.67 bits per heavy atom. The van der Waals surface area contributed by atoms with E-state index in [1.54, 1.807) is 0 Å². The van der Waals surface area contributed by atoms with Crippen LogP contribution in [-0.4, -0.2) is 10.9 Å². The Morgan fingerprint density at radius 3 is 2.36 bits per heavy atom. The van der Waals surface area contributed by atoms with Crippen LogP contribution >= 0.6 is 11.3 Å². The number of thiophene rings is 1. The van der Waals surface area contributed by atoms with Gasteiger partial charge in [0, 0.05) is 16.9 Å². The number of nitriles is 1. The molecule has 0 spiro atoms. The third-order valence-electron chi connectivity index (χ3n) is 5.84. The molecule has 0 aliphatic carbocycles. The zero-order valence-corrected chi connectivity index (χ0v) is 20.6. The summed E-state index contributed by atoms with van der Waals surface area (Å²) in [6.07, 6.45) is 0. The maximum absolute atomic E-state index is 13.7. The van der Waals surface area contributed by atoms with Crippen molar-refractivity contribution < 1.29 is 4.79 Å². The highest BCUT2D eigenvalue weighted by molar-refractivity contribution is 7.24. The molecule has 0 atom stereocenters. The molecule has 5 rings (SSSR count). The Bertz CT molecular complexity index is 1630. The molecule has 0 fully saturated rings. The van der Waals surface area contributed by atoms with Crippen molar-refractivity contribution in [3.8, 4) is 17.2 Å². The standard InChI is InChI=1S/C29H23N5OS/c1-17-11-13-19(14-12-17)23-22(16-30)27(31)34-25-24(28(35)32-21-10-6-7-18(2)15-21)29(36-26(23)25)33-20-8-4-3-5-9-20/h3-15,33H,1-2H3,(H2,31,34)(H,32,35). The van der Waals surface area contributed by atoms with Crippen molar-refractivity contribution in [3.05, 3.63) is 101 Å². The Morgan fingerprint density at radius 1 is 0.944 bits per heavy atom. The minimum Gasteiger partial charge on any atom is -0.383 e. The molecule has 5 aromatic rings. The van der Waals surface area contributed by atoms with Crippen LogP contribution in [-0.2, 0) is 0 Å². The SMILES string of the molecule is Cc1ccc(-c2c(C#N)c(N)nc3c(C(=O)Nc4cccc(C)c4)c(Nc4ccccc4)sc23)cc1. The molecule has 0 radical (unpaired) electrons. The largest absolute Gasteiger partial charge is 0.383 e. The number of anilines is 4. The molecular formula is C29H23N5OS. The second kappa shape index (κ2) is 9.53. The number of aromatic nitrogens is 1. The van der Waals surface area contributed by atoms with Gasteiger partial charge in [-0.15, -0.1) is 11.3 Å². The number of fused-ring (bicyclic) bond motifs is 1. The summed E-state index contributed by atoms with van der Waals surface area (Å²) in [6.45, 7) is 3.98. The predicted molar refractivity (Wildman–Crippen MR) is 148 cm³/mol. The van der Waals surface area contributed by atoms with Crippen LogP contribution in [0.15, 0.2) is 78.9 Å². The number of rotatable bonds is 5. The molecule has 0 unspecified atom stereocenters. The van der Waals surface area contributed by atoms with Crippen molar-refractivity contribution in [1.29, 1.82) is 5.26 Å². The highest BCUT2D eigenvalue weighted by atomic mass is 32.1. The predicted octanol–water partition coefficient (Wildman–Crippen LogP) is 7.03. The van der Waals surface area contributed by atoms with Crippen LogP contribution in [0.5, 0.6) is 0 Å². The number of aryl methyl sites for hydroxylation is 2. The number of hydrogen-bond donors (Lipinski definition) is 3. The Labute approximate surface area is 213 Å². The topological polar surface area (TPSA) is 104 Å². The lowest BCUT2D eigenvalue weighted by Crippen LogP contribution is -2.13. The number of pyridine rings is 1. The zero-order chi connectivity index (χ0) is 25.2. The molecule has 0 aliphatic heterocycles. The Balaban J connectivity index is 1.75. The Hall–Kier alpha value is -4.67. The summed E-state index contributed by atoms with van der Waals surface area (Å²) in [4.78, 5) is 18.2. The van der Waals surface area contributed by atoms with Crippen molar-refractivity contribution in [3.63, 3.8) is 0 Å². The van der Waals surface area contributed by atoms with Crippen LogP contribution in [0.3, 0.4) is 0 Å². The van der Waals surface area contributed by atoms with E-state index in [2.05, 4.69) is 21.7 Å². The van der Waals surface area contributed by atoms with E-state index in [0.717, 1.165) is 27.1 Å². The van der Waals surface area contributed by atoms with Crippen molar-refractivity contribution in [2.75, 3.05) is 16.4 Å². The van der Waals surface area contributed by atoms with E-state index in [4.69, 9.17) is 5.73 Å². The van der Waals surface area contributed by atoms with Crippen LogP contribution < -0.4 is 16.4 Å². The first-order valence-corrected chi connectivity index (χ1v) is 12.2. The molecule has 4 N–H and O–H groups in total. The van der Waals surface area contributed by atoms with Crippen LogP contribution in [0.2, 0.25) is 0 Å². The fraction of sp³-hybridized carbons (Fsp3) is 0.0690. The third-order valence-corrected chi connectivity index (χ3v) is 6.95. The third kappa shape index (κ3) is 4.38. The average molecular weight is 490 g/mol. The highest BCUT2D eigenvalue weighted by Crippen LogP contribution is 2.44. The number of amides is 1. The van der Waals surface area contributed by atoms with Gasteiger partial charge >= 0.3 is 0 Å². The molecule has 0 bridgehead atoms. The number of carbonyl (C=O) groups is 1. The highest BCUT2D eigenvalue weighted by Gasteiger charge is 2.26. The summed E-state index contributed by atoms with van der Waals surface area (Å²) in [7, 11) is 0.